The lowest BCUT2D eigenvalue weighted by molar-refractivity contribution is -0.119. The molecule has 0 aromatic heterocycles. The Kier molecular flexibility index (Phi) is 8.05. The number of carbonyl (C=O) groups is 1. The lowest BCUT2D eigenvalue weighted by atomic mass is 10.1. The molecular weight excluding hydrogens is 462 g/mol. The summed E-state index contributed by atoms with van der Waals surface area (Å²) in [6.07, 6.45) is 3.52. The van der Waals surface area contributed by atoms with Crippen LogP contribution in [0.2, 0.25) is 0 Å². The standard InChI is InChI=1S/C27H31N3O4S/c1-35(32,33)30(25-15-7-8-16-26(25)34-24-13-3-2-4-14-24)21-27(31)28-19-22-11-5-6-12-23(22)20-29-17-9-10-18-29/h2-8,11-16H,9-10,17-21H2,1H3,(H,28,31). The summed E-state index contributed by atoms with van der Waals surface area (Å²) < 4.78 is 32.4. The molecule has 1 aliphatic rings. The Morgan fingerprint density at radius 2 is 1.54 bits per heavy atom. The van der Waals surface area contributed by atoms with Crippen molar-refractivity contribution in [3.05, 3.63) is 90.0 Å². The average Bonchev–Trinajstić information content (AvgIpc) is 3.36. The van der Waals surface area contributed by atoms with Gasteiger partial charge in [-0.1, -0.05) is 54.6 Å². The van der Waals surface area contributed by atoms with Crippen LogP contribution in [0, 0.1) is 0 Å². The van der Waals surface area contributed by atoms with Crippen molar-refractivity contribution in [1.82, 2.24) is 10.2 Å². The number of likely N-dealkylation sites (tertiary alicyclic amines) is 1. The third kappa shape index (κ3) is 6.83. The Labute approximate surface area is 207 Å². The van der Waals surface area contributed by atoms with E-state index in [9.17, 15) is 13.2 Å². The van der Waals surface area contributed by atoms with Crippen molar-refractivity contribution < 1.29 is 17.9 Å². The molecule has 184 valence electrons. The molecule has 3 aromatic carbocycles. The van der Waals surface area contributed by atoms with Crippen molar-refractivity contribution in [2.45, 2.75) is 25.9 Å². The average molecular weight is 494 g/mol. The van der Waals surface area contributed by atoms with E-state index in [4.69, 9.17) is 4.74 Å². The zero-order chi connectivity index (χ0) is 24.7. The fraction of sp³-hybridized carbons (Fsp3) is 0.296. The van der Waals surface area contributed by atoms with E-state index in [1.807, 2.05) is 36.4 Å². The van der Waals surface area contributed by atoms with Crippen molar-refractivity contribution in [3.8, 4) is 11.5 Å². The summed E-state index contributed by atoms with van der Waals surface area (Å²) in [5.74, 6) is 0.543. The van der Waals surface area contributed by atoms with Crippen LogP contribution in [0.15, 0.2) is 78.9 Å². The van der Waals surface area contributed by atoms with E-state index in [1.54, 1.807) is 36.4 Å². The maximum Gasteiger partial charge on any atom is 0.241 e. The van der Waals surface area contributed by atoms with Crippen LogP contribution in [0.25, 0.3) is 0 Å². The van der Waals surface area contributed by atoms with Gasteiger partial charge in [-0.25, -0.2) is 8.42 Å². The van der Waals surface area contributed by atoms with E-state index in [1.165, 1.54) is 18.4 Å². The van der Waals surface area contributed by atoms with Gasteiger partial charge >= 0.3 is 0 Å². The Hall–Kier alpha value is -3.36. The highest BCUT2D eigenvalue weighted by Gasteiger charge is 2.24. The van der Waals surface area contributed by atoms with Crippen LogP contribution < -0.4 is 14.4 Å². The number of carbonyl (C=O) groups excluding carboxylic acids is 1. The molecule has 1 N–H and O–H groups in total. The molecule has 0 saturated carbocycles. The van der Waals surface area contributed by atoms with Crippen LogP contribution in [0.4, 0.5) is 5.69 Å². The molecule has 1 heterocycles. The fourth-order valence-corrected chi connectivity index (χ4v) is 5.05. The van der Waals surface area contributed by atoms with E-state index in [-0.39, 0.29) is 12.5 Å². The van der Waals surface area contributed by atoms with Crippen LogP contribution in [0.1, 0.15) is 24.0 Å². The van der Waals surface area contributed by atoms with Gasteiger partial charge in [0.15, 0.2) is 5.75 Å². The Bertz CT molecular complexity index is 1240. The summed E-state index contributed by atoms with van der Waals surface area (Å²) in [6, 6.07) is 24.0. The number of para-hydroxylation sites is 3. The smallest absolute Gasteiger partial charge is 0.241 e. The molecule has 1 fully saturated rings. The van der Waals surface area contributed by atoms with E-state index in [2.05, 4.69) is 16.3 Å². The quantitative estimate of drug-likeness (QED) is 0.459. The predicted molar refractivity (Wildman–Crippen MR) is 138 cm³/mol. The van der Waals surface area contributed by atoms with Gasteiger partial charge in [-0.2, -0.15) is 0 Å². The Balaban J connectivity index is 1.47. The zero-order valence-corrected chi connectivity index (χ0v) is 20.7. The summed E-state index contributed by atoms with van der Waals surface area (Å²) >= 11 is 0. The van der Waals surface area contributed by atoms with Gasteiger partial charge in [0, 0.05) is 13.1 Å². The number of amides is 1. The molecule has 0 aliphatic carbocycles. The highest BCUT2D eigenvalue weighted by molar-refractivity contribution is 7.92. The maximum absolute atomic E-state index is 12.9. The minimum absolute atomic E-state index is 0.309. The third-order valence-electron chi connectivity index (χ3n) is 5.98. The number of rotatable bonds is 10. The molecule has 0 unspecified atom stereocenters. The molecule has 7 nitrogen and oxygen atoms in total. The molecule has 0 radical (unpaired) electrons. The normalized spacial score (nSPS) is 14.0. The van der Waals surface area contributed by atoms with Gasteiger partial charge in [0.05, 0.1) is 11.9 Å². The van der Waals surface area contributed by atoms with Crippen LogP contribution in [-0.4, -0.2) is 45.1 Å². The first-order valence-corrected chi connectivity index (χ1v) is 13.6. The predicted octanol–water partition coefficient (Wildman–Crippen LogP) is 4.16. The van der Waals surface area contributed by atoms with E-state index >= 15 is 0 Å². The number of nitrogens with zero attached hydrogens (tertiary/aromatic N) is 2. The Morgan fingerprint density at radius 1 is 0.914 bits per heavy atom. The van der Waals surface area contributed by atoms with Crippen molar-refractivity contribution in [3.63, 3.8) is 0 Å². The number of sulfonamides is 1. The molecule has 0 bridgehead atoms. The van der Waals surface area contributed by atoms with Crippen LogP contribution >= 0.6 is 0 Å². The molecule has 1 aliphatic heterocycles. The van der Waals surface area contributed by atoms with Crippen molar-refractivity contribution >= 4 is 21.6 Å². The number of hydrogen-bond acceptors (Lipinski definition) is 5. The minimum Gasteiger partial charge on any atom is -0.455 e. The van der Waals surface area contributed by atoms with Gasteiger partial charge in [-0.05, 0) is 61.3 Å². The minimum atomic E-state index is -3.75. The van der Waals surface area contributed by atoms with Gasteiger partial charge in [0.25, 0.3) is 0 Å². The molecule has 0 atom stereocenters. The SMILES string of the molecule is CS(=O)(=O)N(CC(=O)NCc1ccccc1CN1CCCC1)c1ccccc1Oc1ccccc1. The van der Waals surface area contributed by atoms with Crippen LogP contribution in [0.5, 0.6) is 11.5 Å². The summed E-state index contributed by atoms with van der Waals surface area (Å²) in [6.45, 7) is 3.03. The van der Waals surface area contributed by atoms with E-state index < -0.39 is 10.0 Å². The summed E-state index contributed by atoms with van der Waals surface area (Å²) in [4.78, 5) is 15.3. The molecule has 4 rings (SSSR count). The molecule has 35 heavy (non-hydrogen) atoms. The number of ether oxygens (including phenoxy) is 1. The second-order valence-electron chi connectivity index (χ2n) is 8.68. The molecule has 3 aromatic rings. The van der Waals surface area contributed by atoms with E-state index in [0.717, 1.165) is 35.8 Å². The van der Waals surface area contributed by atoms with Gasteiger partial charge in [-0.3, -0.25) is 14.0 Å². The fourth-order valence-electron chi connectivity index (χ4n) is 4.19. The Morgan fingerprint density at radius 3 is 2.26 bits per heavy atom. The third-order valence-corrected chi connectivity index (χ3v) is 7.11. The first-order valence-electron chi connectivity index (χ1n) is 11.8. The first kappa shape index (κ1) is 24.8. The van der Waals surface area contributed by atoms with Gasteiger partial charge in [0.2, 0.25) is 15.9 Å². The van der Waals surface area contributed by atoms with Gasteiger partial charge in [-0.15, -0.1) is 0 Å². The molecular formula is C27H31N3O4S. The highest BCUT2D eigenvalue weighted by atomic mass is 32.2. The molecule has 0 spiro atoms. The highest BCUT2D eigenvalue weighted by Crippen LogP contribution is 2.33. The number of hydrogen-bond donors (Lipinski definition) is 1. The zero-order valence-electron chi connectivity index (χ0n) is 19.9. The lowest BCUT2D eigenvalue weighted by Crippen LogP contribution is -2.40. The molecule has 1 saturated heterocycles. The molecule has 8 heteroatoms. The second-order valence-corrected chi connectivity index (χ2v) is 10.6. The van der Waals surface area contributed by atoms with Gasteiger partial charge in [0.1, 0.15) is 12.3 Å². The number of nitrogens with one attached hydrogen (secondary N) is 1. The van der Waals surface area contributed by atoms with Gasteiger partial charge < -0.3 is 10.1 Å². The number of benzene rings is 3. The largest absolute Gasteiger partial charge is 0.455 e. The number of anilines is 1. The molecule has 1 amide bonds. The van der Waals surface area contributed by atoms with Crippen LogP contribution in [-0.2, 0) is 27.9 Å². The summed E-state index contributed by atoms with van der Waals surface area (Å²) in [7, 11) is -3.75. The topological polar surface area (TPSA) is 79.0 Å². The van der Waals surface area contributed by atoms with Crippen LogP contribution in [0.3, 0.4) is 0 Å². The van der Waals surface area contributed by atoms with Crippen molar-refractivity contribution in [1.29, 1.82) is 0 Å². The monoisotopic (exact) mass is 493 g/mol. The van der Waals surface area contributed by atoms with Crippen molar-refractivity contribution in [2.24, 2.45) is 0 Å². The second kappa shape index (κ2) is 11.4. The maximum atomic E-state index is 12.9. The van der Waals surface area contributed by atoms with E-state index in [0.29, 0.717) is 23.7 Å². The van der Waals surface area contributed by atoms with Crippen molar-refractivity contribution in [2.75, 3.05) is 30.2 Å². The first-order chi connectivity index (χ1) is 16.9. The summed E-state index contributed by atoms with van der Waals surface area (Å²) in [5.41, 5.74) is 2.52. The summed E-state index contributed by atoms with van der Waals surface area (Å²) in [5, 5.41) is 2.90. The lowest BCUT2D eigenvalue weighted by Gasteiger charge is -2.24.